The number of aromatic nitrogens is 2. The van der Waals surface area contributed by atoms with E-state index in [1.54, 1.807) is 23.3 Å². The van der Waals surface area contributed by atoms with Crippen LogP contribution in [0.15, 0.2) is 36.4 Å². The molecule has 0 fully saturated rings. The Labute approximate surface area is 188 Å². The lowest BCUT2D eigenvalue weighted by atomic mass is 10.2. The number of thiophene rings is 1. The van der Waals surface area contributed by atoms with Crippen LogP contribution in [-0.2, 0) is 17.8 Å². The van der Waals surface area contributed by atoms with Crippen molar-refractivity contribution in [2.24, 2.45) is 0 Å². The van der Waals surface area contributed by atoms with Crippen LogP contribution >= 0.6 is 11.3 Å². The number of hydrogen-bond donors (Lipinski definition) is 1. The first-order chi connectivity index (χ1) is 14.8. The Morgan fingerprint density at radius 2 is 2.00 bits per heavy atom. The summed E-state index contributed by atoms with van der Waals surface area (Å²) in [6, 6.07) is 12.5. The summed E-state index contributed by atoms with van der Waals surface area (Å²) < 4.78 is 7.59. The number of amides is 1. The fourth-order valence-corrected chi connectivity index (χ4v) is 4.06. The number of carbonyl (C=O) groups excluding carboxylic acids is 1. The number of para-hydroxylation sites is 2. The average molecular weight is 441 g/mol. The zero-order chi connectivity index (χ0) is 22.4. The molecule has 0 atom stereocenters. The highest BCUT2D eigenvalue weighted by Gasteiger charge is 2.19. The number of nitrogens with zero attached hydrogens (tertiary/aromatic N) is 3. The lowest BCUT2D eigenvalue weighted by Crippen LogP contribution is -2.37. The van der Waals surface area contributed by atoms with Gasteiger partial charge in [-0.25, -0.2) is 9.78 Å². The third-order valence-electron chi connectivity index (χ3n) is 4.71. The molecule has 0 spiro atoms. The van der Waals surface area contributed by atoms with Crippen LogP contribution in [0.5, 0.6) is 0 Å². The Hall–Kier alpha value is -2.64. The van der Waals surface area contributed by atoms with Crippen LogP contribution in [0.25, 0.3) is 23.2 Å². The average Bonchev–Trinajstić information content (AvgIpc) is 3.31. The largest absolute Gasteiger partial charge is 0.444 e. The van der Waals surface area contributed by atoms with E-state index in [9.17, 15) is 4.79 Å². The van der Waals surface area contributed by atoms with Crippen molar-refractivity contribution < 1.29 is 9.53 Å². The van der Waals surface area contributed by atoms with Gasteiger partial charge in [-0.15, -0.1) is 11.3 Å². The lowest BCUT2D eigenvalue weighted by molar-refractivity contribution is 0.0300. The van der Waals surface area contributed by atoms with Crippen molar-refractivity contribution in [1.82, 2.24) is 19.8 Å². The number of carbonyl (C=O) groups is 1. The fraction of sp³-hybridized carbons (Fsp3) is 0.417. The van der Waals surface area contributed by atoms with Gasteiger partial charge in [-0.1, -0.05) is 12.1 Å². The van der Waals surface area contributed by atoms with E-state index in [-0.39, 0.29) is 6.09 Å². The quantitative estimate of drug-likeness (QED) is 0.486. The zero-order valence-electron chi connectivity index (χ0n) is 19.0. The number of ether oxygens (including phenoxy) is 1. The number of aryl methyl sites for hydroxylation is 1. The molecule has 0 aliphatic heterocycles. The van der Waals surface area contributed by atoms with Crippen LogP contribution in [0.1, 0.15) is 43.3 Å². The first kappa shape index (κ1) is 23.0. The second-order valence-corrected chi connectivity index (χ2v) is 9.62. The van der Waals surface area contributed by atoms with Gasteiger partial charge in [0.25, 0.3) is 0 Å². The third-order valence-corrected chi connectivity index (χ3v) is 5.76. The van der Waals surface area contributed by atoms with Gasteiger partial charge in [0.1, 0.15) is 11.4 Å². The molecule has 1 N–H and O–H groups in total. The third kappa shape index (κ3) is 6.42. The Balaban J connectivity index is 1.50. The Bertz CT molecular complexity index is 1050. The molecule has 0 radical (unpaired) electrons. The van der Waals surface area contributed by atoms with Crippen LogP contribution in [0, 0.1) is 0 Å². The molecule has 0 aliphatic carbocycles. The number of imidazole rings is 1. The van der Waals surface area contributed by atoms with Crippen molar-refractivity contribution >= 4 is 40.6 Å². The normalized spacial score (nSPS) is 12.0. The molecule has 0 aliphatic rings. The molecule has 3 rings (SSSR count). The van der Waals surface area contributed by atoms with Gasteiger partial charge in [-0.05, 0) is 64.1 Å². The van der Waals surface area contributed by atoms with E-state index in [0.717, 1.165) is 29.9 Å². The fourth-order valence-electron chi connectivity index (χ4n) is 3.18. The Morgan fingerprint density at radius 3 is 2.74 bits per heavy atom. The predicted octanol–water partition coefficient (Wildman–Crippen LogP) is 5.24. The minimum Gasteiger partial charge on any atom is -0.444 e. The van der Waals surface area contributed by atoms with E-state index < -0.39 is 5.60 Å². The summed E-state index contributed by atoms with van der Waals surface area (Å²) in [6.07, 6.45) is 3.91. The standard InChI is InChI=1S/C24H32N4O2S/c1-6-28-21-10-8-7-9-20(21)26-22(28)14-13-18-11-12-19(31-18)17-25-15-16-27(5)23(29)30-24(2,3)4/h7-14,25H,6,15-17H2,1-5H3/b14-13+. The molecule has 0 saturated carbocycles. The minimum atomic E-state index is -0.472. The highest BCUT2D eigenvalue weighted by Crippen LogP contribution is 2.21. The number of benzene rings is 1. The Kier molecular flexibility index (Phi) is 7.51. The molecule has 0 bridgehead atoms. The van der Waals surface area contributed by atoms with Crippen LogP contribution in [0.4, 0.5) is 4.79 Å². The summed E-state index contributed by atoms with van der Waals surface area (Å²) in [5.41, 5.74) is 1.72. The van der Waals surface area contributed by atoms with Crippen molar-refractivity contribution in [3.05, 3.63) is 52.0 Å². The molecule has 6 nitrogen and oxygen atoms in total. The molecule has 1 amide bonds. The summed E-state index contributed by atoms with van der Waals surface area (Å²) >= 11 is 1.75. The molecule has 0 unspecified atom stereocenters. The summed E-state index contributed by atoms with van der Waals surface area (Å²) in [5.74, 6) is 0.974. The van der Waals surface area contributed by atoms with Crippen molar-refractivity contribution in [1.29, 1.82) is 0 Å². The maximum absolute atomic E-state index is 12.0. The van der Waals surface area contributed by atoms with Gasteiger partial charge in [0.05, 0.1) is 11.0 Å². The number of hydrogen-bond acceptors (Lipinski definition) is 5. The van der Waals surface area contributed by atoms with Crippen molar-refractivity contribution in [3.8, 4) is 0 Å². The van der Waals surface area contributed by atoms with Gasteiger partial charge in [-0.2, -0.15) is 0 Å². The number of fused-ring (bicyclic) bond motifs is 1. The van der Waals surface area contributed by atoms with Crippen molar-refractivity contribution in [2.45, 2.75) is 46.4 Å². The number of nitrogens with one attached hydrogen (secondary N) is 1. The van der Waals surface area contributed by atoms with Crippen LogP contribution in [0.3, 0.4) is 0 Å². The maximum atomic E-state index is 12.0. The summed E-state index contributed by atoms with van der Waals surface area (Å²) in [5, 5.41) is 3.39. The van der Waals surface area contributed by atoms with Gasteiger partial charge in [-0.3, -0.25) is 0 Å². The van der Waals surface area contributed by atoms with E-state index in [1.807, 2.05) is 39.0 Å². The van der Waals surface area contributed by atoms with Crippen LogP contribution < -0.4 is 5.32 Å². The lowest BCUT2D eigenvalue weighted by Gasteiger charge is -2.24. The molecule has 2 heterocycles. The Morgan fingerprint density at radius 1 is 1.23 bits per heavy atom. The van der Waals surface area contributed by atoms with Crippen molar-refractivity contribution in [2.75, 3.05) is 20.1 Å². The van der Waals surface area contributed by atoms with Crippen LogP contribution in [0.2, 0.25) is 0 Å². The van der Waals surface area contributed by atoms with Gasteiger partial charge in [0.2, 0.25) is 0 Å². The highest BCUT2D eigenvalue weighted by molar-refractivity contribution is 7.12. The smallest absolute Gasteiger partial charge is 0.410 e. The molecular formula is C24H32N4O2S. The second kappa shape index (κ2) is 10.1. The number of likely N-dealkylation sites (N-methyl/N-ethyl adjacent to an activating group) is 1. The van der Waals surface area contributed by atoms with Gasteiger partial charge >= 0.3 is 6.09 Å². The summed E-state index contributed by atoms with van der Waals surface area (Å²) in [7, 11) is 1.76. The summed E-state index contributed by atoms with van der Waals surface area (Å²) in [6.45, 7) is 10.7. The SMILES string of the molecule is CCn1c(/C=C/c2ccc(CNCCN(C)C(=O)OC(C)(C)C)s2)nc2ccccc21. The number of rotatable bonds is 8. The first-order valence-corrected chi connectivity index (χ1v) is 11.5. The molecule has 2 aromatic heterocycles. The molecule has 7 heteroatoms. The zero-order valence-corrected chi connectivity index (χ0v) is 19.8. The van der Waals surface area contributed by atoms with Crippen LogP contribution in [-0.4, -0.2) is 46.3 Å². The van der Waals surface area contributed by atoms with Gasteiger partial charge < -0.3 is 19.5 Å². The van der Waals surface area contributed by atoms with E-state index in [2.05, 4.69) is 47.2 Å². The van der Waals surface area contributed by atoms with E-state index in [1.165, 1.54) is 9.75 Å². The van der Waals surface area contributed by atoms with E-state index in [0.29, 0.717) is 13.1 Å². The molecule has 3 aromatic rings. The van der Waals surface area contributed by atoms with E-state index >= 15 is 0 Å². The van der Waals surface area contributed by atoms with Crippen molar-refractivity contribution in [3.63, 3.8) is 0 Å². The molecule has 1 aromatic carbocycles. The predicted molar refractivity (Wildman–Crippen MR) is 129 cm³/mol. The second-order valence-electron chi connectivity index (χ2n) is 8.42. The molecule has 31 heavy (non-hydrogen) atoms. The minimum absolute atomic E-state index is 0.295. The van der Waals surface area contributed by atoms with E-state index in [4.69, 9.17) is 9.72 Å². The molecule has 0 saturated heterocycles. The monoisotopic (exact) mass is 440 g/mol. The first-order valence-electron chi connectivity index (χ1n) is 10.6. The molecular weight excluding hydrogens is 408 g/mol. The van der Waals surface area contributed by atoms with Gasteiger partial charge in [0.15, 0.2) is 0 Å². The molecule has 166 valence electrons. The van der Waals surface area contributed by atoms with Gasteiger partial charge in [0, 0.05) is 43.0 Å². The highest BCUT2D eigenvalue weighted by atomic mass is 32.1. The maximum Gasteiger partial charge on any atom is 0.410 e. The summed E-state index contributed by atoms with van der Waals surface area (Å²) in [4.78, 5) is 20.8. The topological polar surface area (TPSA) is 59.4 Å².